The van der Waals surface area contributed by atoms with Gasteiger partial charge in [0.1, 0.15) is 29.8 Å². The van der Waals surface area contributed by atoms with Gasteiger partial charge in [-0.05, 0) is 55.2 Å². The molecule has 5 rings (SSSR count). The van der Waals surface area contributed by atoms with Crippen molar-refractivity contribution in [2.75, 3.05) is 6.61 Å². The molecule has 2 aromatic rings. The number of amidine groups is 1. The third kappa shape index (κ3) is 2.75. The highest BCUT2D eigenvalue weighted by molar-refractivity contribution is 5.76. The molecule has 0 amide bonds. The second-order valence-corrected chi connectivity index (χ2v) is 7.91. The molecule has 1 spiro atoms. The molecule has 1 saturated carbocycles. The number of rotatable bonds is 1. The first-order valence-corrected chi connectivity index (χ1v) is 9.67. The first kappa shape index (κ1) is 18.0. The summed E-state index contributed by atoms with van der Waals surface area (Å²) in [6, 6.07) is 11.9. The normalized spacial score (nSPS) is 29.8. The van der Waals surface area contributed by atoms with Crippen molar-refractivity contribution in [2.24, 2.45) is 16.6 Å². The van der Waals surface area contributed by atoms with Crippen LogP contribution in [0.25, 0.3) is 11.1 Å². The van der Waals surface area contributed by atoms with Crippen LogP contribution in [0.4, 0.5) is 4.39 Å². The Morgan fingerprint density at radius 1 is 1.24 bits per heavy atom. The van der Waals surface area contributed by atoms with Gasteiger partial charge in [-0.2, -0.15) is 5.26 Å². The largest absolute Gasteiger partial charge is 0.490 e. The second-order valence-electron chi connectivity index (χ2n) is 7.91. The highest BCUT2D eigenvalue weighted by Gasteiger charge is 2.55. The van der Waals surface area contributed by atoms with E-state index in [1.54, 1.807) is 6.07 Å². The van der Waals surface area contributed by atoms with Crippen molar-refractivity contribution in [3.63, 3.8) is 0 Å². The number of fused-ring (bicyclic) bond motifs is 4. The average molecular weight is 393 g/mol. The van der Waals surface area contributed by atoms with Crippen LogP contribution in [-0.2, 0) is 10.3 Å². The molecule has 1 fully saturated rings. The number of aliphatic imine (C=N–C) groups is 1. The van der Waals surface area contributed by atoms with Gasteiger partial charge >= 0.3 is 0 Å². The minimum atomic E-state index is -0.775. The number of hydrogen-bond donors (Lipinski definition) is 2. The topological polar surface area (TPSA) is 101 Å². The summed E-state index contributed by atoms with van der Waals surface area (Å²) in [5.41, 5.74) is 7.23. The highest BCUT2D eigenvalue weighted by atomic mass is 19.1. The number of benzene rings is 2. The van der Waals surface area contributed by atoms with E-state index in [0.29, 0.717) is 35.3 Å². The molecule has 4 atom stereocenters. The summed E-state index contributed by atoms with van der Waals surface area (Å²) < 4.78 is 26.3. The Morgan fingerprint density at radius 2 is 2.10 bits per heavy atom. The summed E-state index contributed by atoms with van der Waals surface area (Å²) in [5, 5.41) is 19.5. The lowest BCUT2D eigenvalue weighted by Gasteiger charge is -2.47. The van der Waals surface area contributed by atoms with Crippen molar-refractivity contribution in [1.82, 2.24) is 0 Å². The Kier molecular flexibility index (Phi) is 4.00. The van der Waals surface area contributed by atoms with Gasteiger partial charge in [0, 0.05) is 17.0 Å². The van der Waals surface area contributed by atoms with Gasteiger partial charge in [-0.1, -0.05) is 6.07 Å². The quantitative estimate of drug-likeness (QED) is 0.776. The van der Waals surface area contributed by atoms with Crippen LogP contribution in [0.3, 0.4) is 0 Å². The van der Waals surface area contributed by atoms with Crippen molar-refractivity contribution in [1.29, 1.82) is 5.26 Å². The molecule has 0 bridgehead atoms. The third-order valence-electron chi connectivity index (χ3n) is 6.25. The zero-order chi connectivity index (χ0) is 20.2. The minimum absolute atomic E-state index is 0.0892. The van der Waals surface area contributed by atoms with E-state index in [1.165, 1.54) is 18.2 Å². The fourth-order valence-electron chi connectivity index (χ4n) is 4.85. The molecule has 3 aliphatic rings. The van der Waals surface area contributed by atoms with E-state index in [-0.39, 0.29) is 24.7 Å². The number of ether oxygens (including phenoxy) is 2. The molecule has 2 aliphatic heterocycles. The molecule has 148 valence electrons. The fraction of sp³-hybridized carbons (Fsp3) is 0.364. The van der Waals surface area contributed by atoms with Crippen LogP contribution in [0, 0.1) is 23.1 Å². The van der Waals surface area contributed by atoms with E-state index in [0.717, 1.165) is 12.0 Å². The Labute approximate surface area is 167 Å². The average Bonchev–Trinajstić information content (AvgIpc) is 3.11. The maximum absolute atomic E-state index is 14.5. The van der Waals surface area contributed by atoms with Gasteiger partial charge in [-0.3, -0.25) is 0 Å². The van der Waals surface area contributed by atoms with Crippen molar-refractivity contribution >= 4 is 6.02 Å². The summed E-state index contributed by atoms with van der Waals surface area (Å²) in [7, 11) is 0. The molecular formula is C22H20FN3O3. The smallest absolute Gasteiger partial charge is 0.283 e. The molecular weight excluding hydrogens is 373 g/mol. The molecule has 7 heteroatoms. The Morgan fingerprint density at radius 3 is 2.86 bits per heavy atom. The van der Waals surface area contributed by atoms with Crippen LogP contribution in [0.15, 0.2) is 41.4 Å². The van der Waals surface area contributed by atoms with Crippen LogP contribution >= 0.6 is 0 Å². The van der Waals surface area contributed by atoms with Gasteiger partial charge in [-0.15, -0.1) is 0 Å². The summed E-state index contributed by atoms with van der Waals surface area (Å²) in [6.45, 7) is 0.257. The van der Waals surface area contributed by atoms with Gasteiger partial charge in [-0.25, -0.2) is 9.38 Å². The van der Waals surface area contributed by atoms with Gasteiger partial charge in [0.15, 0.2) is 0 Å². The molecule has 0 aromatic heterocycles. The Bertz CT molecular complexity index is 1060. The molecule has 1 aliphatic carbocycles. The number of halogens is 1. The van der Waals surface area contributed by atoms with Gasteiger partial charge < -0.3 is 20.3 Å². The first-order valence-electron chi connectivity index (χ1n) is 9.67. The van der Waals surface area contributed by atoms with Gasteiger partial charge in [0.25, 0.3) is 6.02 Å². The monoisotopic (exact) mass is 393 g/mol. The van der Waals surface area contributed by atoms with Crippen molar-refractivity contribution in [3.05, 3.63) is 53.3 Å². The standard InChI is InChI=1S/C22H20FN3O3/c23-18-4-1-12(10-24)7-15(18)13-2-5-19-16(8-13)22(11-28-21(25)26-22)17-9-14(27)3-6-20(17)29-19/h1-2,4-5,7-8,14,17,20,27H,3,6,9,11H2,(H2,25,26)/t14-,17-,20?,22?/m0/s1. The van der Waals surface area contributed by atoms with E-state index < -0.39 is 17.5 Å². The highest BCUT2D eigenvalue weighted by Crippen LogP contribution is 2.53. The van der Waals surface area contributed by atoms with Crippen molar-refractivity contribution < 1.29 is 19.0 Å². The Hall–Kier alpha value is -3.11. The molecule has 0 radical (unpaired) electrons. The molecule has 3 N–H and O–H groups in total. The van der Waals surface area contributed by atoms with E-state index in [2.05, 4.69) is 4.99 Å². The van der Waals surface area contributed by atoms with E-state index in [9.17, 15) is 14.8 Å². The predicted octanol–water partition coefficient (Wildman–Crippen LogP) is 2.83. The maximum atomic E-state index is 14.5. The lowest BCUT2D eigenvalue weighted by Crippen LogP contribution is -2.51. The van der Waals surface area contributed by atoms with Crippen LogP contribution in [0.2, 0.25) is 0 Å². The van der Waals surface area contributed by atoms with Crippen LogP contribution in [0.1, 0.15) is 30.4 Å². The van der Waals surface area contributed by atoms with Crippen molar-refractivity contribution in [2.45, 2.75) is 37.0 Å². The molecule has 2 heterocycles. The summed E-state index contributed by atoms with van der Waals surface area (Å²) in [4.78, 5) is 4.67. The maximum Gasteiger partial charge on any atom is 0.283 e. The minimum Gasteiger partial charge on any atom is -0.490 e. The zero-order valence-corrected chi connectivity index (χ0v) is 15.6. The van der Waals surface area contributed by atoms with E-state index >= 15 is 0 Å². The number of aliphatic hydroxyl groups excluding tert-OH is 1. The van der Waals surface area contributed by atoms with E-state index in [4.69, 9.17) is 15.2 Å². The van der Waals surface area contributed by atoms with Crippen LogP contribution in [-0.4, -0.2) is 29.9 Å². The van der Waals surface area contributed by atoms with Gasteiger partial charge in [0.05, 0.1) is 17.7 Å². The molecule has 2 unspecified atom stereocenters. The lowest BCUT2D eigenvalue weighted by atomic mass is 9.67. The van der Waals surface area contributed by atoms with E-state index in [1.807, 2.05) is 18.2 Å². The van der Waals surface area contributed by atoms with Crippen LogP contribution in [0.5, 0.6) is 5.75 Å². The summed E-state index contributed by atoms with van der Waals surface area (Å²) >= 11 is 0. The number of hydrogen-bond acceptors (Lipinski definition) is 6. The summed E-state index contributed by atoms with van der Waals surface area (Å²) in [5.74, 6) is 0.169. The number of nitrogens with two attached hydrogens (primary N) is 1. The number of nitriles is 1. The van der Waals surface area contributed by atoms with Gasteiger partial charge in [0.2, 0.25) is 0 Å². The molecule has 2 aromatic carbocycles. The Balaban J connectivity index is 1.68. The first-order chi connectivity index (χ1) is 14.0. The zero-order valence-electron chi connectivity index (χ0n) is 15.6. The SMILES string of the molecule is N#Cc1ccc(F)c(-c2ccc3c(c2)C2(COC(N)=N2)[C@H]2C[C@@H](O)CCC2O3)c1. The van der Waals surface area contributed by atoms with Crippen LogP contribution < -0.4 is 10.5 Å². The lowest BCUT2D eigenvalue weighted by molar-refractivity contribution is -0.0359. The number of aliphatic hydroxyl groups is 1. The third-order valence-corrected chi connectivity index (χ3v) is 6.25. The molecule has 29 heavy (non-hydrogen) atoms. The second kappa shape index (κ2) is 6.46. The number of nitrogens with zero attached hydrogens (tertiary/aromatic N) is 2. The fourth-order valence-corrected chi connectivity index (χ4v) is 4.85. The molecule has 6 nitrogen and oxygen atoms in total. The summed E-state index contributed by atoms with van der Waals surface area (Å²) in [6.07, 6.45) is 1.42. The molecule has 0 saturated heterocycles. The predicted molar refractivity (Wildman–Crippen MR) is 104 cm³/mol. The van der Waals surface area contributed by atoms with Crippen molar-refractivity contribution in [3.8, 4) is 22.9 Å².